The quantitative estimate of drug-likeness (QED) is 0.285. The molecule has 13 heteroatoms. The van der Waals surface area contributed by atoms with E-state index in [1.54, 1.807) is 32.9 Å². The second kappa shape index (κ2) is 14.9. The Kier molecular flexibility index (Phi) is 12.0. The highest BCUT2D eigenvalue weighted by Gasteiger charge is 2.47. The van der Waals surface area contributed by atoms with E-state index in [0.29, 0.717) is 6.42 Å². The first-order valence-corrected chi connectivity index (χ1v) is 17.3. The van der Waals surface area contributed by atoms with Crippen LogP contribution in [0.4, 0.5) is 4.79 Å². The van der Waals surface area contributed by atoms with Crippen molar-refractivity contribution in [3.05, 3.63) is 35.9 Å². The van der Waals surface area contributed by atoms with Gasteiger partial charge in [-0.15, -0.1) is 0 Å². The summed E-state index contributed by atoms with van der Waals surface area (Å²) in [4.78, 5) is 51.1. The van der Waals surface area contributed by atoms with Crippen LogP contribution >= 0.6 is 0 Å². The molecule has 5 atom stereocenters. The van der Waals surface area contributed by atoms with Crippen molar-refractivity contribution in [2.75, 3.05) is 13.1 Å². The summed E-state index contributed by atoms with van der Waals surface area (Å²) in [5.41, 5.74) is 4.68. The third-order valence-corrected chi connectivity index (χ3v) is 10.4. The lowest BCUT2D eigenvalue weighted by Crippen LogP contribution is -2.61. The highest BCUT2D eigenvalue weighted by Crippen LogP contribution is 2.40. The van der Waals surface area contributed by atoms with E-state index in [4.69, 9.17) is 10.5 Å². The number of rotatable bonds is 11. The van der Waals surface area contributed by atoms with Crippen LogP contribution in [0, 0.1) is 11.8 Å². The van der Waals surface area contributed by atoms with E-state index in [0.717, 1.165) is 31.2 Å². The molecule has 2 fully saturated rings. The fourth-order valence-corrected chi connectivity index (χ4v) is 8.13. The van der Waals surface area contributed by atoms with E-state index in [2.05, 4.69) is 16.0 Å². The molecule has 0 bridgehead atoms. The molecule has 45 heavy (non-hydrogen) atoms. The van der Waals surface area contributed by atoms with Crippen LogP contribution < -0.4 is 21.7 Å². The van der Waals surface area contributed by atoms with Gasteiger partial charge in [0.15, 0.2) is 0 Å². The molecule has 5 N–H and O–H groups in total. The number of hydrogen-bond donors (Lipinski definition) is 4. The fraction of sp³-hybridized carbons (Fsp3) is 0.688. The molecule has 1 saturated carbocycles. The fourth-order valence-electron chi connectivity index (χ4n) is 6.12. The van der Waals surface area contributed by atoms with Gasteiger partial charge in [-0.2, -0.15) is 4.31 Å². The number of sulfonamides is 1. The zero-order valence-corrected chi connectivity index (χ0v) is 28.2. The second-order valence-corrected chi connectivity index (χ2v) is 16.5. The van der Waals surface area contributed by atoms with Crippen molar-refractivity contribution >= 4 is 33.8 Å². The van der Waals surface area contributed by atoms with Crippen molar-refractivity contribution in [2.24, 2.45) is 17.6 Å². The number of carbonyl (C=O) groups is 4. The standard InChI is InChI=1S/C32H51N5O7S/c1-31(2,3)36-29(40)26-17-22-14-10-11-15-23(22)20-37(26)45(42,43)24(16-21-12-8-7-9-13-21)19-34-28(39)25(18-27(33)38)35-30(41)44-32(4,5)6/h7-9,12-13,22-26H,10-11,14-20H2,1-6H3,(H2,33,38)(H,34,39)(H,35,41)(H,36,40)/t22-,23+,24-,25-,26-/m0/s1. The van der Waals surface area contributed by atoms with Crippen molar-refractivity contribution < 1.29 is 32.3 Å². The van der Waals surface area contributed by atoms with Crippen LogP contribution in [0.25, 0.3) is 0 Å². The average Bonchev–Trinajstić information content (AvgIpc) is 2.92. The number of ether oxygens (including phenoxy) is 1. The molecule has 2 aliphatic rings. The summed E-state index contributed by atoms with van der Waals surface area (Å²) in [5, 5.41) is 6.85. The van der Waals surface area contributed by atoms with Gasteiger partial charge in [-0.1, -0.05) is 49.6 Å². The van der Waals surface area contributed by atoms with E-state index in [9.17, 15) is 27.6 Å². The van der Waals surface area contributed by atoms with Crippen molar-refractivity contribution in [2.45, 2.75) is 115 Å². The number of alkyl carbamates (subject to hydrolysis) is 1. The van der Waals surface area contributed by atoms with Gasteiger partial charge in [0.05, 0.1) is 11.7 Å². The Morgan fingerprint density at radius 3 is 2.20 bits per heavy atom. The summed E-state index contributed by atoms with van der Waals surface area (Å²) in [5.74, 6) is -1.52. The molecule has 1 aromatic carbocycles. The number of nitrogens with two attached hydrogens (primary N) is 1. The molecule has 1 saturated heterocycles. The van der Waals surface area contributed by atoms with Crippen LogP contribution in [0.2, 0.25) is 0 Å². The zero-order valence-electron chi connectivity index (χ0n) is 27.4. The number of nitrogens with zero attached hydrogens (tertiary/aromatic N) is 1. The molecule has 1 aromatic rings. The second-order valence-electron chi connectivity index (χ2n) is 14.3. The third-order valence-electron chi connectivity index (χ3n) is 8.13. The molecule has 0 radical (unpaired) electrons. The Bertz CT molecular complexity index is 1310. The molecule has 1 heterocycles. The summed E-state index contributed by atoms with van der Waals surface area (Å²) < 4.78 is 35.7. The lowest BCUT2D eigenvalue weighted by atomic mass is 9.73. The molecule has 12 nitrogen and oxygen atoms in total. The first-order chi connectivity index (χ1) is 20.9. The Labute approximate surface area is 267 Å². The van der Waals surface area contributed by atoms with Gasteiger partial charge in [0, 0.05) is 18.6 Å². The molecule has 0 spiro atoms. The average molecular weight is 650 g/mol. The molecule has 0 unspecified atom stereocenters. The molecule has 1 aliphatic heterocycles. The summed E-state index contributed by atoms with van der Waals surface area (Å²) in [7, 11) is -4.16. The maximum Gasteiger partial charge on any atom is 0.408 e. The summed E-state index contributed by atoms with van der Waals surface area (Å²) >= 11 is 0. The summed E-state index contributed by atoms with van der Waals surface area (Å²) in [6, 6.07) is 6.80. The first kappa shape index (κ1) is 36.3. The smallest absolute Gasteiger partial charge is 0.408 e. The van der Waals surface area contributed by atoms with Gasteiger partial charge in [-0.3, -0.25) is 14.4 Å². The molecule has 252 valence electrons. The minimum absolute atomic E-state index is 0.0711. The summed E-state index contributed by atoms with van der Waals surface area (Å²) in [6.45, 7) is 10.4. The van der Waals surface area contributed by atoms with Gasteiger partial charge in [0.25, 0.3) is 0 Å². The van der Waals surface area contributed by atoms with E-state index >= 15 is 0 Å². The zero-order chi connectivity index (χ0) is 33.6. The molecular formula is C32H51N5O7S. The molecule has 3 rings (SSSR count). The van der Waals surface area contributed by atoms with Gasteiger partial charge >= 0.3 is 6.09 Å². The van der Waals surface area contributed by atoms with Gasteiger partial charge in [0.1, 0.15) is 17.7 Å². The van der Waals surface area contributed by atoms with E-state index < -0.39 is 62.8 Å². The highest BCUT2D eigenvalue weighted by atomic mass is 32.2. The lowest BCUT2D eigenvalue weighted by molar-refractivity contribution is -0.129. The predicted octanol–water partition coefficient (Wildman–Crippen LogP) is 2.61. The Morgan fingerprint density at radius 2 is 1.62 bits per heavy atom. The third kappa shape index (κ3) is 11.0. The van der Waals surface area contributed by atoms with Crippen molar-refractivity contribution in [1.29, 1.82) is 0 Å². The van der Waals surface area contributed by atoms with Crippen LogP contribution in [0.5, 0.6) is 0 Å². The maximum absolute atomic E-state index is 14.6. The summed E-state index contributed by atoms with van der Waals surface area (Å²) in [6.07, 6.45) is 3.03. The first-order valence-electron chi connectivity index (χ1n) is 15.8. The molecule has 4 amide bonds. The number of fused-ring (bicyclic) bond motifs is 1. The topological polar surface area (TPSA) is 177 Å². The van der Waals surface area contributed by atoms with Crippen molar-refractivity contribution in [3.8, 4) is 0 Å². The largest absolute Gasteiger partial charge is 0.444 e. The van der Waals surface area contributed by atoms with Crippen LogP contribution in [-0.4, -0.2) is 78.1 Å². The number of hydrogen-bond acceptors (Lipinski definition) is 7. The monoisotopic (exact) mass is 649 g/mol. The number of carbonyl (C=O) groups excluding carboxylic acids is 4. The van der Waals surface area contributed by atoms with E-state index in [1.165, 1.54) is 4.31 Å². The number of amides is 4. The number of piperidine rings is 1. The van der Waals surface area contributed by atoms with Gasteiger partial charge < -0.3 is 26.4 Å². The van der Waals surface area contributed by atoms with E-state index in [1.807, 2.05) is 39.0 Å². The van der Waals surface area contributed by atoms with Crippen LogP contribution in [0.1, 0.15) is 85.6 Å². The SMILES string of the molecule is CC(C)(C)NC(=O)[C@@H]1C[C@@H]2CCCC[C@@H]2CN1S(=O)(=O)[C@H](CNC(=O)[C@H](CC(N)=O)NC(=O)OC(C)(C)C)Cc1ccccc1. The maximum atomic E-state index is 14.6. The minimum Gasteiger partial charge on any atom is -0.444 e. The van der Waals surface area contributed by atoms with Crippen molar-refractivity contribution in [3.63, 3.8) is 0 Å². The molecule has 1 aliphatic carbocycles. The number of nitrogens with one attached hydrogen (secondary N) is 3. The Balaban J connectivity index is 1.91. The predicted molar refractivity (Wildman–Crippen MR) is 171 cm³/mol. The molecule has 0 aromatic heterocycles. The van der Waals surface area contributed by atoms with Crippen LogP contribution in [0.3, 0.4) is 0 Å². The van der Waals surface area contributed by atoms with Gasteiger partial charge in [-0.05, 0) is 78.2 Å². The normalized spacial score (nSPS) is 22.3. The Morgan fingerprint density at radius 1 is 1.00 bits per heavy atom. The van der Waals surface area contributed by atoms with Crippen LogP contribution in [0.15, 0.2) is 30.3 Å². The molecular weight excluding hydrogens is 598 g/mol. The minimum atomic E-state index is -4.16. The van der Waals surface area contributed by atoms with Crippen molar-refractivity contribution in [1.82, 2.24) is 20.3 Å². The number of primary amides is 1. The van der Waals surface area contributed by atoms with Gasteiger partial charge in [0.2, 0.25) is 27.7 Å². The van der Waals surface area contributed by atoms with Crippen LogP contribution in [-0.2, 0) is 35.6 Å². The Hall–Kier alpha value is -3.19. The van der Waals surface area contributed by atoms with Gasteiger partial charge in [-0.25, -0.2) is 13.2 Å². The van der Waals surface area contributed by atoms with E-state index in [-0.39, 0.29) is 37.3 Å². The number of benzene rings is 1. The highest BCUT2D eigenvalue weighted by molar-refractivity contribution is 7.89. The lowest BCUT2D eigenvalue weighted by Gasteiger charge is -2.46.